The van der Waals surface area contributed by atoms with Crippen LogP contribution in [0.5, 0.6) is 0 Å². The fourth-order valence-corrected chi connectivity index (χ4v) is 3.69. The third kappa shape index (κ3) is 3.67. The third-order valence-corrected chi connectivity index (χ3v) is 5.10. The number of aromatic nitrogens is 1. The van der Waals surface area contributed by atoms with Crippen LogP contribution in [-0.2, 0) is 0 Å². The lowest BCUT2D eigenvalue weighted by molar-refractivity contribution is 0.0686. The van der Waals surface area contributed by atoms with Crippen LogP contribution in [-0.4, -0.2) is 33.9 Å². The summed E-state index contributed by atoms with van der Waals surface area (Å²) in [5.74, 6) is -2.18. The highest BCUT2D eigenvalue weighted by Gasteiger charge is 2.17. The minimum atomic E-state index is -1.09. The first kappa shape index (κ1) is 20.7. The Labute approximate surface area is 183 Å². The zero-order valence-corrected chi connectivity index (χ0v) is 17.2. The molecule has 3 aromatic carbocycles. The zero-order valence-electron chi connectivity index (χ0n) is 17.2. The molecule has 158 valence electrons. The Hall–Kier alpha value is -4.52. The second kappa shape index (κ2) is 8.31. The molecule has 0 spiro atoms. The number of carboxylic acid groups (broad SMARTS) is 2. The molecule has 7 nitrogen and oxygen atoms in total. The number of allylic oxidation sites excluding steroid dienone is 1. The van der Waals surface area contributed by atoms with E-state index < -0.39 is 11.9 Å². The van der Waals surface area contributed by atoms with Crippen LogP contribution < -0.4 is 5.32 Å². The van der Waals surface area contributed by atoms with Crippen LogP contribution in [0.1, 0.15) is 33.2 Å². The molecule has 4 aromatic rings. The SMILES string of the molecule is C=Nc1c(/C=C\C)cc(C(=O)O)cc1Nc1cc(C(=O)O)cc2c1ncc1ccccc12. The van der Waals surface area contributed by atoms with Gasteiger partial charge in [0.1, 0.15) is 0 Å². The molecule has 0 saturated carbocycles. The van der Waals surface area contributed by atoms with E-state index >= 15 is 0 Å². The van der Waals surface area contributed by atoms with Crippen LogP contribution in [0.4, 0.5) is 17.1 Å². The molecule has 0 fully saturated rings. The van der Waals surface area contributed by atoms with Crippen LogP contribution in [0.25, 0.3) is 27.8 Å². The van der Waals surface area contributed by atoms with Crippen molar-refractivity contribution in [3.8, 4) is 0 Å². The van der Waals surface area contributed by atoms with Gasteiger partial charge in [-0.3, -0.25) is 9.98 Å². The summed E-state index contributed by atoms with van der Waals surface area (Å²) in [5.41, 5.74) is 2.51. The van der Waals surface area contributed by atoms with Crippen LogP contribution in [0.2, 0.25) is 0 Å². The maximum atomic E-state index is 11.8. The molecular weight excluding hydrogens is 406 g/mol. The lowest BCUT2D eigenvalue weighted by atomic mass is 10.0. The van der Waals surface area contributed by atoms with E-state index in [-0.39, 0.29) is 11.1 Å². The van der Waals surface area contributed by atoms with Gasteiger partial charge in [-0.15, -0.1) is 0 Å². The van der Waals surface area contributed by atoms with Crippen molar-refractivity contribution in [3.63, 3.8) is 0 Å². The van der Waals surface area contributed by atoms with Gasteiger partial charge in [0.05, 0.1) is 33.7 Å². The molecule has 1 heterocycles. The summed E-state index contributed by atoms with van der Waals surface area (Å²) < 4.78 is 0. The number of aliphatic imine (C=N–C) groups is 1. The maximum absolute atomic E-state index is 11.8. The zero-order chi connectivity index (χ0) is 22.8. The smallest absolute Gasteiger partial charge is 0.335 e. The summed E-state index contributed by atoms with van der Waals surface area (Å²) in [5, 5.41) is 24.8. The number of benzene rings is 3. The second-order valence-corrected chi connectivity index (χ2v) is 7.12. The van der Waals surface area contributed by atoms with E-state index in [1.54, 1.807) is 24.4 Å². The average molecular weight is 425 g/mol. The first-order valence-electron chi connectivity index (χ1n) is 9.75. The fraction of sp³-hybridized carbons (Fsp3) is 0.0400. The molecule has 0 radical (unpaired) electrons. The largest absolute Gasteiger partial charge is 0.478 e. The molecule has 7 heteroatoms. The van der Waals surface area contributed by atoms with Gasteiger partial charge in [-0.05, 0) is 43.3 Å². The number of hydrogen-bond acceptors (Lipinski definition) is 5. The fourth-order valence-electron chi connectivity index (χ4n) is 3.69. The van der Waals surface area contributed by atoms with Crippen LogP contribution in [0.15, 0.2) is 65.8 Å². The van der Waals surface area contributed by atoms with Gasteiger partial charge in [-0.1, -0.05) is 36.4 Å². The van der Waals surface area contributed by atoms with Crippen molar-refractivity contribution in [1.82, 2.24) is 4.98 Å². The number of rotatable bonds is 6. The van der Waals surface area contributed by atoms with Crippen LogP contribution in [0, 0.1) is 0 Å². The molecular formula is C25H19N3O4. The van der Waals surface area contributed by atoms with E-state index in [2.05, 4.69) is 22.0 Å². The lowest BCUT2D eigenvalue weighted by Crippen LogP contribution is -2.03. The number of fused-ring (bicyclic) bond motifs is 3. The Morgan fingerprint density at radius 3 is 2.38 bits per heavy atom. The quantitative estimate of drug-likeness (QED) is 0.262. The van der Waals surface area contributed by atoms with Gasteiger partial charge in [-0.25, -0.2) is 9.59 Å². The Bertz CT molecular complexity index is 1440. The standard InChI is InChI=1S/C25H19N3O4/c1-3-6-14-9-16(24(29)30)11-20(22(14)26-2)28-21-12-17(25(31)32)10-19-18-8-5-4-7-15(18)13-27-23(19)21/h3-13,28H,2H2,1H3,(H,29,30)(H,31,32)/b6-3-. The minimum absolute atomic E-state index is 0.0603. The number of pyridine rings is 1. The van der Waals surface area contributed by atoms with E-state index in [1.165, 1.54) is 18.2 Å². The van der Waals surface area contributed by atoms with Crippen molar-refractivity contribution in [2.45, 2.75) is 6.92 Å². The molecule has 0 aliphatic carbocycles. The lowest BCUT2D eigenvalue weighted by Gasteiger charge is -2.16. The average Bonchev–Trinajstić information content (AvgIpc) is 2.78. The number of aromatic carboxylic acids is 2. The molecule has 0 atom stereocenters. The molecule has 0 unspecified atom stereocenters. The van der Waals surface area contributed by atoms with Crippen molar-refractivity contribution < 1.29 is 19.8 Å². The van der Waals surface area contributed by atoms with E-state index in [1.807, 2.05) is 31.2 Å². The normalized spacial score (nSPS) is 11.2. The molecule has 0 bridgehead atoms. The number of carboxylic acids is 2. The van der Waals surface area contributed by atoms with E-state index in [4.69, 9.17) is 0 Å². The molecule has 1 aromatic heterocycles. The summed E-state index contributed by atoms with van der Waals surface area (Å²) in [7, 11) is 0. The predicted molar refractivity (Wildman–Crippen MR) is 127 cm³/mol. The summed E-state index contributed by atoms with van der Waals surface area (Å²) in [4.78, 5) is 32.1. The number of hydrogen-bond donors (Lipinski definition) is 3. The van der Waals surface area contributed by atoms with Gasteiger partial charge in [0.15, 0.2) is 0 Å². The summed E-state index contributed by atoms with van der Waals surface area (Å²) in [6.07, 6.45) is 5.22. The van der Waals surface area contributed by atoms with Gasteiger partial charge in [-0.2, -0.15) is 0 Å². The first-order chi connectivity index (χ1) is 15.4. The van der Waals surface area contributed by atoms with E-state index in [9.17, 15) is 19.8 Å². The summed E-state index contributed by atoms with van der Waals surface area (Å²) in [6, 6.07) is 13.6. The summed E-state index contributed by atoms with van der Waals surface area (Å²) >= 11 is 0. The van der Waals surface area contributed by atoms with Crippen LogP contribution >= 0.6 is 0 Å². The van der Waals surface area contributed by atoms with Gasteiger partial charge in [0.25, 0.3) is 0 Å². The Morgan fingerprint density at radius 1 is 1.00 bits per heavy atom. The Morgan fingerprint density at radius 2 is 1.69 bits per heavy atom. The Balaban J connectivity index is 2.00. The van der Waals surface area contributed by atoms with Crippen molar-refractivity contribution in [3.05, 3.63) is 77.5 Å². The highest BCUT2D eigenvalue weighted by atomic mass is 16.4. The van der Waals surface area contributed by atoms with Gasteiger partial charge < -0.3 is 15.5 Å². The van der Waals surface area contributed by atoms with Crippen molar-refractivity contribution in [2.75, 3.05) is 5.32 Å². The number of nitrogens with zero attached hydrogens (tertiary/aromatic N) is 2. The first-order valence-corrected chi connectivity index (χ1v) is 9.75. The molecule has 0 aliphatic rings. The topological polar surface area (TPSA) is 112 Å². The molecule has 4 rings (SSSR count). The van der Waals surface area contributed by atoms with Gasteiger partial charge in [0.2, 0.25) is 0 Å². The van der Waals surface area contributed by atoms with E-state index in [0.29, 0.717) is 33.5 Å². The number of carbonyl (C=O) groups is 2. The van der Waals surface area contributed by atoms with Crippen molar-refractivity contribution in [2.24, 2.45) is 4.99 Å². The highest BCUT2D eigenvalue weighted by molar-refractivity contribution is 6.12. The van der Waals surface area contributed by atoms with Crippen molar-refractivity contribution >= 4 is 63.5 Å². The van der Waals surface area contributed by atoms with Crippen LogP contribution in [0.3, 0.4) is 0 Å². The van der Waals surface area contributed by atoms with E-state index in [0.717, 1.165) is 10.8 Å². The predicted octanol–water partition coefficient (Wildman–Crippen LogP) is 5.89. The van der Waals surface area contributed by atoms with Gasteiger partial charge >= 0.3 is 11.9 Å². The monoisotopic (exact) mass is 425 g/mol. The summed E-state index contributed by atoms with van der Waals surface area (Å²) in [6.45, 7) is 5.43. The second-order valence-electron chi connectivity index (χ2n) is 7.12. The molecule has 32 heavy (non-hydrogen) atoms. The van der Waals surface area contributed by atoms with Crippen molar-refractivity contribution in [1.29, 1.82) is 0 Å². The minimum Gasteiger partial charge on any atom is -0.478 e. The molecule has 0 amide bonds. The van der Waals surface area contributed by atoms with Gasteiger partial charge in [0, 0.05) is 22.5 Å². The number of anilines is 2. The third-order valence-electron chi connectivity index (χ3n) is 5.10. The molecule has 3 N–H and O–H groups in total. The molecule has 0 aliphatic heterocycles. The Kier molecular flexibility index (Phi) is 5.39. The highest BCUT2D eigenvalue weighted by Crippen LogP contribution is 2.37. The molecule has 0 saturated heterocycles. The maximum Gasteiger partial charge on any atom is 0.335 e. The number of nitrogens with one attached hydrogen (secondary N) is 1.